The van der Waals surface area contributed by atoms with E-state index in [9.17, 15) is 0 Å². The maximum atomic E-state index is 8.90. The Bertz CT molecular complexity index is 43.3. The van der Waals surface area contributed by atoms with E-state index < -0.39 is 6.16 Å². The summed E-state index contributed by atoms with van der Waals surface area (Å²) in [6.45, 7) is 0. The number of carbonyl (C=O) groups is 1. The predicted octanol–water partition coefficient (Wildman–Crippen LogP) is -1.85. The van der Waals surface area contributed by atoms with Crippen LogP contribution in [0.2, 0.25) is 0 Å². The van der Waals surface area contributed by atoms with Crippen LogP contribution in [-0.2, 0) is 4.89 Å². The minimum absolute atomic E-state index is 0. The van der Waals surface area contributed by atoms with E-state index in [0.717, 1.165) is 0 Å². The molecule has 0 unspecified atom stereocenters. The molecule has 0 radical (unpaired) electrons. The van der Waals surface area contributed by atoms with Crippen LogP contribution in [0.1, 0.15) is 0 Å². The lowest BCUT2D eigenvalue weighted by Crippen LogP contribution is -1.91. The lowest BCUT2D eigenvalue weighted by molar-refractivity contribution is -0.194. The van der Waals surface area contributed by atoms with Gasteiger partial charge in [0.1, 0.15) is 0 Å². The summed E-state index contributed by atoms with van der Waals surface area (Å²) in [7, 11) is 0. The highest BCUT2D eigenvalue weighted by Gasteiger charge is 1.84. The molecule has 6 heteroatoms. The van der Waals surface area contributed by atoms with E-state index in [-0.39, 0.29) is 22.8 Å². The van der Waals surface area contributed by atoms with Crippen molar-refractivity contribution in [1.82, 2.24) is 0 Å². The maximum Gasteiger partial charge on any atom is 0.537 e. The van der Waals surface area contributed by atoms with Crippen molar-refractivity contribution in [3.8, 4) is 0 Å². The Morgan fingerprint density at radius 3 is 1.71 bits per heavy atom. The second-order valence-electron chi connectivity index (χ2n) is 0.357. The van der Waals surface area contributed by atoms with Crippen LogP contribution in [0.3, 0.4) is 0 Å². The van der Waals surface area contributed by atoms with Crippen LogP contribution in [0, 0.1) is 0 Å². The van der Waals surface area contributed by atoms with E-state index in [1.807, 2.05) is 0 Å². The van der Waals surface area contributed by atoms with Gasteiger partial charge in [-0.2, -0.15) is 5.26 Å². The second kappa shape index (κ2) is 9.21. The van der Waals surface area contributed by atoms with Crippen molar-refractivity contribution in [2.75, 3.05) is 0 Å². The van der Waals surface area contributed by atoms with Gasteiger partial charge in [-0.25, -0.2) is 4.79 Å². The van der Waals surface area contributed by atoms with Gasteiger partial charge in [0, 0.05) is 0 Å². The largest absolute Gasteiger partial charge is 0.537 e. The molecule has 0 aliphatic heterocycles. The smallest absolute Gasteiger partial charge is 0.448 e. The molecule has 0 aromatic heterocycles. The summed E-state index contributed by atoms with van der Waals surface area (Å²) in [5, 5.41) is 14.3. The van der Waals surface area contributed by atoms with Crippen LogP contribution >= 0.6 is 0 Å². The van der Waals surface area contributed by atoms with Crippen LogP contribution in [-0.4, -0.2) is 39.4 Å². The van der Waals surface area contributed by atoms with Gasteiger partial charge in [-0.3, -0.25) is 4.89 Å². The summed E-state index contributed by atoms with van der Waals surface area (Å²) in [4.78, 5) is 11.6. The van der Waals surface area contributed by atoms with Gasteiger partial charge in [-0.15, -0.1) is 0 Å². The van der Waals surface area contributed by atoms with Crippen molar-refractivity contribution in [1.29, 1.82) is 0 Å². The molecule has 0 saturated heterocycles. The quantitative estimate of drug-likeness (QED) is 0.226. The van der Waals surface area contributed by atoms with Crippen LogP contribution in [0.4, 0.5) is 4.79 Å². The third kappa shape index (κ3) is 26.7. The lowest BCUT2D eigenvalue weighted by Gasteiger charge is -1.75. The van der Waals surface area contributed by atoms with Crippen LogP contribution in [0.5, 0.6) is 0 Å². The molecule has 0 amide bonds. The van der Waals surface area contributed by atoms with Gasteiger partial charge >= 0.3 is 6.16 Å². The number of rotatable bonds is 0. The van der Waals surface area contributed by atoms with Crippen LogP contribution < -0.4 is 0 Å². The van der Waals surface area contributed by atoms with E-state index in [0.29, 0.717) is 0 Å². The SMILES string of the molecule is O.O=C(O)OO.[AlH3]. The topological polar surface area (TPSA) is 98.3 Å². The number of hydrogen-bond acceptors (Lipinski definition) is 3. The lowest BCUT2D eigenvalue weighted by atomic mass is 11.5. The van der Waals surface area contributed by atoms with E-state index >= 15 is 0 Å². The first kappa shape index (κ1) is 15.9. The fourth-order valence-corrected chi connectivity index (χ4v) is 0. The summed E-state index contributed by atoms with van der Waals surface area (Å²) < 4.78 is 0. The average Bonchev–Trinajstić information content (AvgIpc) is 1.38. The van der Waals surface area contributed by atoms with Crippen molar-refractivity contribution in [2.24, 2.45) is 0 Å². The Kier molecular flexibility index (Phi) is 20.9. The molecule has 0 fully saturated rings. The molecule has 4 N–H and O–H groups in total. The van der Waals surface area contributed by atoms with Crippen molar-refractivity contribution < 1.29 is 25.5 Å². The zero-order valence-corrected chi connectivity index (χ0v) is 2.71. The molecule has 44 valence electrons. The zero-order valence-electron chi connectivity index (χ0n) is 2.71. The predicted molar refractivity (Wildman–Crippen MR) is 25.3 cm³/mol. The molecule has 0 aromatic rings. The fourth-order valence-electron chi connectivity index (χ4n) is 0. The zero-order chi connectivity index (χ0) is 4.28. The molecule has 0 heterocycles. The van der Waals surface area contributed by atoms with Gasteiger partial charge in [0.2, 0.25) is 0 Å². The summed E-state index contributed by atoms with van der Waals surface area (Å²) in [5.74, 6) is 0. The van der Waals surface area contributed by atoms with Crippen molar-refractivity contribution >= 4 is 23.5 Å². The third-order valence-electron chi connectivity index (χ3n) is 0.0781. The monoisotopic (exact) mass is 126 g/mol. The first-order valence-corrected chi connectivity index (χ1v) is 0.814. The molecule has 0 saturated carbocycles. The second-order valence-corrected chi connectivity index (χ2v) is 0.357. The van der Waals surface area contributed by atoms with Gasteiger partial charge < -0.3 is 10.6 Å². The first-order chi connectivity index (χ1) is 2.27. The Labute approximate surface area is 49.9 Å². The third-order valence-corrected chi connectivity index (χ3v) is 0.0781. The van der Waals surface area contributed by atoms with E-state index in [4.69, 9.17) is 15.2 Å². The highest BCUT2D eigenvalue weighted by molar-refractivity contribution is 5.75. The van der Waals surface area contributed by atoms with E-state index in [2.05, 4.69) is 4.89 Å². The van der Waals surface area contributed by atoms with Crippen molar-refractivity contribution in [2.45, 2.75) is 0 Å². The van der Waals surface area contributed by atoms with E-state index in [1.165, 1.54) is 0 Å². The van der Waals surface area contributed by atoms with E-state index in [1.54, 1.807) is 0 Å². The van der Waals surface area contributed by atoms with Crippen LogP contribution in [0.15, 0.2) is 0 Å². The normalized spacial score (nSPS) is 4.71. The molecular weight excluding hydrogens is 119 g/mol. The molecule has 0 atom stereocenters. The van der Waals surface area contributed by atoms with Crippen molar-refractivity contribution in [3.05, 3.63) is 0 Å². The molecule has 5 nitrogen and oxygen atoms in total. The molecule has 7 heavy (non-hydrogen) atoms. The molecular formula is CH7AlO5. The molecule has 0 aliphatic carbocycles. The van der Waals surface area contributed by atoms with Gasteiger partial charge in [0.15, 0.2) is 17.4 Å². The fraction of sp³-hybridized carbons (Fsp3) is 0. The maximum absolute atomic E-state index is 8.90. The minimum atomic E-state index is -1.69. The molecule has 0 rings (SSSR count). The van der Waals surface area contributed by atoms with Crippen LogP contribution in [0.25, 0.3) is 0 Å². The number of hydrogen-bond donors (Lipinski definition) is 2. The Morgan fingerprint density at radius 2 is 1.71 bits per heavy atom. The molecule has 0 aliphatic rings. The molecule has 0 bridgehead atoms. The molecule has 0 spiro atoms. The number of carboxylic acid groups (broad SMARTS) is 1. The first-order valence-electron chi connectivity index (χ1n) is 0.814. The summed E-state index contributed by atoms with van der Waals surface area (Å²) >= 11 is 0. The van der Waals surface area contributed by atoms with Crippen molar-refractivity contribution in [3.63, 3.8) is 0 Å². The van der Waals surface area contributed by atoms with Gasteiger partial charge in [-0.05, 0) is 0 Å². The Hall–Kier alpha value is -0.278. The standard InChI is InChI=1S/CH2O4.Al.H2O.3H/c2-1(3)5-4;;;;;/h4H,(H,2,3);;1H2;;;. The average molecular weight is 126 g/mol. The highest BCUT2D eigenvalue weighted by atomic mass is 27.0. The van der Waals surface area contributed by atoms with Gasteiger partial charge in [-0.1, -0.05) is 0 Å². The Morgan fingerprint density at radius 1 is 1.57 bits per heavy atom. The summed E-state index contributed by atoms with van der Waals surface area (Å²) in [5.41, 5.74) is 0. The van der Waals surface area contributed by atoms with Gasteiger partial charge in [0.25, 0.3) is 0 Å². The van der Waals surface area contributed by atoms with Gasteiger partial charge in [0.05, 0.1) is 0 Å². The summed E-state index contributed by atoms with van der Waals surface area (Å²) in [6.07, 6.45) is -1.69. The summed E-state index contributed by atoms with van der Waals surface area (Å²) in [6, 6.07) is 0. The Balaban J connectivity index is -0.0000000800. The minimum Gasteiger partial charge on any atom is -0.448 e. The molecule has 0 aromatic carbocycles. The highest BCUT2D eigenvalue weighted by Crippen LogP contribution is 1.59.